The Bertz CT molecular complexity index is 304. The van der Waals surface area contributed by atoms with Gasteiger partial charge in [0.15, 0.2) is 5.60 Å². The molecule has 0 saturated carbocycles. The zero-order valence-corrected chi connectivity index (χ0v) is 10.5. The van der Waals surface area contributed by atoms with Gasteiger partial charge in [0.05, 0.1) is 13.2 Å². The Morgan fingerprint density at radius 3 is 2.88 bits per heavy atom. The van der Waals surface area contributed by atoms with Crippen molar-refractivity contribution in [1.82, 2.24) is 10.2 Å². The van der Waals surface area contributed by atoms with Crippen LogP contribution in [-0.2, 0) is 14.3 Å². The molecule has 1 heterocycles. The number of ether oxygens (including phenoxy) is 1. The second-order valence-electron chi connectivity index (χ2n) is 4.45. The van der Waals surface area contributed by atoms with E-state index < -0.39 is 11.6 Å². The molecule has 1 fully saturated rings. The summed E-state index contributed by atoms with van der Waals surface area (Å²) in [4.78, 5) is 24.8. The Kier molecular flexibility index (Phi) is 4.47. The maximum absolute atomic E-state index is 11.6. The van der Waals surface area contributed by atoms with E-state index in [1.54, 1.807) is 0 Å². The molecule has 0 aromatic carbocycles. The van der Waals surface area contributed by atoms with Crippen molar-refractivity contribution < 1.29 is 19.4 Å². The lowest BCUT2D eigenvalue weighted by molar-refractivity contribution is -0.164. The number of carbonyl (C=O) groups is 2. The average Bonchev–Trinajstić information content (AvgIpc) is 2.27. The fourth-order valence-corrected chi connectivity index (χ4v) is 2.07. The molecule has 98 valence electrons. The van der Waals surface area contributed by atoms with E-state index in [0.29, 0.717) is 19.5 Å². The highest BCUT2D eigenvalue weighted by Crippen LogP contribution is 2.15. The van der Waals surface area contributed by atoms with E-state index in [0.717, 1.165) is 0 Å². The Balaban J connectivity index is 2.71. The number of hydrogen-bond donors (Lipinski definition) is 2. The van der Waals surface area contributed by atoms with Crippen LogP contribution in [0, 0.1) is 0 Å². The van der Waals surface area contributed by atoms with Gasteiger partial charge in [-0.3, -0.25) is 9.69 Å². The zero-order chi connectivity index (χ0) is 13.1. The largest absolute Gasteiger partial charge is 0.467 e. The lowest BCUT2D eigenvalue weighted by atomic mass is 10.0. The predicted molar refractivity (Wildman–Crippen MR) is 61.3 cm³/mol. The van der Waals surface area contributed by atoms with E-state index in [4.69, 9.17) is 0 Å². The molecule has 0 bridgehead atoms. The number of carbonyl (C=O) groups excluding carboxylic acids is 2. The number of methoxy groups -OCH3 is 1. The van der Waals surface area contributed by atoms with Crippen LogP contribution in [0.2, 0.25) is 0 Å². The van der Waals surface area contributed by atoms with Gasteiger partial charge in [0.25, 0.3) is 0 Å². The van der Waals surface area contributed by atoms with Gasteiger partial charge >= 0.3 is 5.97 Å². The van der Waals surface area contributed by atoms with Crippen LogP contribution in [-0.4, -0.2) is 60.3 Å². The molecule has 0 aliphatic carbocycles. The minimum Gasteiger partial charge on any atom is -0.467 e. The van der Waals surface area contributed by atoms with Crippen LogP contribution in [0.3, 0.4) is 0 Å². The van der Waals surface area contributed by atoms with Gasteiger partial charge in [-0.25, -0.2) is 4.79 Å². The number of hydrogen-bond acceptors (Lipinski definition) is 5. The van der Waals surface area contributed by atoms with Crippen LogP contribution in [0.1, 0.15) is 20.3 Å². The van der Waals surface area contributed by atoms with E-state index in [1.807, 2.05) is 11.8 Å². The standard InChI is InChI=1S/C11H20N2O4/c1-4-8-9(14)12-5-6-13(8)7-11(2,16)10(15)17-3/h8,16H,4-7H2,1-3H3,(H,12,14). The topological polar surface area (TPSA) is 78.9 Å². The Morgan fingerprint density at radius 2 is 2.35 bits per heavy atom. The van der Waals surface area contributed by atoms with Gasteiger partial charge in [-0.15, -0.1) is 0 Å². The highest BCUT2D eigenvalue weighted by molar-refractivity contribution is 5.83. The molecular formula is C11H20N2O4. The number of piperazine rings is 1. The second-order valence-corrected chi connectivity index (χ2v) is 4.45. The second kappa shape index (κ2) is 5.46. The first kappa shape index (κ1) is 13.9. The number of β-amino-alcohol motifs (C(OH)–C–C–N with tert-alkyl or cyclic N) is 1. The molecule has 0 aromatic rings. The number of rotatable bonds is 4. The molecule has 0 spiro atoms. The molecule has 17 heavy (non-hydrogen) atoms. The van der Waals surface area contributed by atoms with Crippen molar-refractivity contribution in [3.8, 4) is 0 Å². The molecule has 1 aliphatic heterocycles. The molecule has 2 N–H and O–H groups in total. The average molecular weight is 244 g/mol. The summed E-state index contributed by atoms with van der Waals surface area (Å²) in [5.74, 6) is -0.738. The SMILES string of the molecule is CCC1C(=O)NCCN1CC(C)(O)C(=O)OC. The highest BCUT2D eigenvalue weighted by atomic mass is 16.5. The van der Waals surface area contributed by atoms with Gasteiger partial charge in [-0.05, 0) is 13.3 Å². The number of nitrogens with zero attached hydrogens (tertiary/aromatic N) is 1. The van der Waals surface area contributed by atoms with Crippen molar-refractivity contribution in [1.29, 1.82) is 0 Å². The summed E-state index contributed by atoms with van der Waals surface area (Å²) in [7, 11) is 1.23. The highest BCUT2D eigenvalue weighted by Gasteiger charge is 2.38. The molecule has 2 atom stereocenters. The summed E-state index contributed by atoms with van der Waals surface area (Å²) in [6.45, 7) is 4.56. The van der Waals surface area contributed by atoms with E-state index >= 15 is 0 Å². The van der Waals surface area contributed by atoms with Gasteiger partial charge in [0.2, 0.25) is 5.91 Å². The van der Waals surface area contributed by atoms with Crippen molar-refractivity contribution in [2.75, 3.05) is 26.7 Å². The van der Waals surface area contributed by atoms with Gasteiger partial charge in [-0.2, -0.15) is 0 Å². The molecular weight excluding hydrogens is 224 g/mol. The summed E-state index contributed by atoms with van der Waals surface area (Å²) < 4.78 is 4.54. The molecule has 2 unspecified atom stereocenters. The molecule has 1 saturated heterocycles. The zero-order valence-electron chi connectivity index (χ0n) is 10.5. The lowest BCUT2D eigenvalue weighted by Crippen LogP contribution is -2.59. The molecule has 0 radical (unpaired) electrons. The normalized spacial score (nSPS) is 24.9. The van der Waals surface area contributed by atoms with Crippen LogP contribution in [0.4, 0.5) is 0 Å². The van der Waals surface area contributed by atoms with Gasteiger partial charge in [-0.1, -0.05) is 6.92 Å². The summed E-state index contributed by atoms with van der Waals surface area (Å²) in [5.41, 5.74) is -1.58. The molecule has 1 rings (SSSR count). The maximum Gasteiger partial charge on any atom is 0.338 e. The molecule has 0 aromatic heterocycles. The van der Waals surface area contributed by atoms with E-state index in [1.165, 1.54) is 14.0 Å². The minimum atomic E-state index is -1.58. The van der Waals surface area contributed by atoms with Crippen molar-refractivity contribution in [3.05, 3.63) is 0 Å². The van der Waals surface area contributed by atoms with Gasteiger partial charge in [0.1, 0.15) is 0 Å². The Labute approximate surface area is 101 Å². The molecule has 1 amide bonds. The number of amides is 1. The van der Waals surface area contributed by atoms with Crippen LogP contribution < -0.4 is 5.32 Å². The number of esters is 1. The first-order valence-electron chi connectivity index (χ1n) is 5.75. The van der Waals surface area contributed by atoms with Crippen molar-refractivity contribution in [3.63, 3.8) is 0 Å². The van der Waals surface area contributed by atoms with Crippen LogP contribution >= 0.6 is 0 Å². The molecule has 1 aliphatic rings. The maximum atomic E-state index is 11.6. The summed E-state index contributed by atoms with van der Waals surface area (Å²) in [5, 5.41) is 12.8. The van der Waals surface area contributed by atoms with Gasteiger partial charge < -0.3 is 15.2 Å². The van der Waals surface area contributed by atoms with E-state index in [2.05, 4.69) is 10.1 Å². The van der Waals surface area contributed by atoms with Crippen molar-refractivity contribution in [2.24, 2.45) is 0 Å². The lowest BCUT2D eigenvalue weighted by Gasteiger charge is -2.37. The fraction of sp³-hybridized carbons (Fsp3) is 0.818. The number of nitrogens with one attached hydrogen (secondary N) is 1. The molecule has 6 heteroatoms. The Morgan fingerprint density at radius 1 is 1.71 bits per heavy atom. The monoisotopic (exact) mass is 244 g/mol. The van der Waals surface area contributed by atoms with Crippen molar-refractivity contribution in [2.45, 2.75) is 31.9 Å². The van der Waals surface area contributed by atoms with Crippen LogP contribution in [0.5, 0.6) is 0 Å². The summed E-state index contributed by atoms with van der Waals surface area (Å²) in [6.07, 6.45) is 0.642. The van der Waals surface area contributed by atoms with E-state index in [9.17, 15) is 14.7 Å². The molecule has 6 nitrogen and oxygen atoms in total. The number of aliphatic hydroxyl groups is 1. The Hall–Kier alpha value is -1.14. The minimum absolute atomic E-state index is 0.0561. The summed E-state index contributed by atoms with van der Waals surface area (Å²) in [6, 6.07) is -0.292. The smallest absolute Gasteiger partial charge is 0.338 e. The van der Waals surface area contributed by atoms with Crippen LogP contribution in [0.25, 0.3) is 0 Å². The van der Waals surface area contributed by atoms with Gasteiger partial charge in [0, 0.05) is 19.6 Å². The fourth-order valence-electron chi connectivity index (χ4n) is 2.07. The third-order valence-electron chi connectivity index (χ3n) is 2.96. The van der Waals surface area contributed by atoms with Crippen LogP contribution in [0.15, 0.2) is 0 Å². The first-order chi connectivity index (χ1) is 7.92. The van der Waals surface area contributed by atoms with E-state index in [-0.39, 0.29) is 18.5 Å². The predicted octanol–water partition coefficient (Wildman–Crippen LogP) is -0.879. The third kappa shape index (κ3) is 3.17. The summed E-state index contributed by atoms with van der Waals surface area (Å²) >= 11 is 0. The third-order valence-corrected chi connectivity index (χ3v) is 2.96. The first-order valence-corrected chi connectivity index (χ1v) is 5.75. The quantitative estimate of drug-likeness (QED) is 0.628. The van der Waals surface area contributed by atoms with Crippen molar-refractivity contribution >= 4 is 11.9 Å².